The highest BCUT2D eigenvalue weighted by molar-refractivity contribution is 5.89. The number of carbonyl (C=O) groups excluding carboxylic acids is 1. The smallest absolute Gasteiger partial charge is 0.338 e. The SMILES string of the molecule is CCOC(=O)c1ccc(-n2c(C)cc(C=Nc3ccc(C#N)cc3)c2C)cc1. The fourth-order valence-corrected chi connectivity index (χ4v) is 3.04. The maximum Gasteiger partial charge on any atom is 0.338 e. The zero-order chi connectivity index (χ0) is 20.1. The molecule has 0 bridgehead atoms. The summed E-state index contributed by atoms with van der Waals surface area (Å²) in [6.07, 6.45) is 1.83. The summed E-state index contributed by atoms with van der Waals surface area (Å²) in [4.78, 5) is 16.3. The van der Waals surface area contributed by atoms with Crippen LogP contribution >= 0.6 is 0 Å². The van der Waals surface area contributed by atoms with Crippen molar-refractivity contribution < 1.29 is 9.53 Å². The van der Waals surface area contributed by atoms with E-state index in [0.717, 1.165) is 28.3 Å². The van der Waals surface area contributed by atoms with E-state index in [1.54, 1.807) is 31.2 Å². The molecule has 28 heavy (non-hydrogen) atoms. The number of rotatable bonds is 5. The summed E-state index contributed by atoms with van der Waals surface area (Å²) in [6.45, 7) is 6.22. The first-order valence-corrected chi connectivity index (χ1v) is 9.04. The molecule has 0 aliphatic carbocycles. The zero-order valence-electron chi connectivity index (χ0n) is 16.1. The van der Waals surface area contributed by atoms with Crippen LogP contribution < -0.4 is 0 Å². The number of nitriles is 1. The number of nitrogens with zero attached hydrogens (tertiary/aromatic N) is 3. The van der Waals surface area contributed by atoms with Crippen LogP contribution in [0.1, 0.15) is 39.8 Å². The van der Waals surface area contributed by atoms with Crippen LogP contribution in [0.5, 0.6) is 0 Å². The molecule has 5 heteroatoms. The molecule has 5 nitrogen and oxygen atoms in total. The lowest BCUT2D eigenvalue weighted by Crippen LogP contribution is -2.05. The van der Waals surface area contributed by atoms with Crippen LogP contribution in [0.3, 0.4) is 0 Å². The molecule has 0 radical (unpaired) electrons. The number of aromatic nitrogens is 1. The van der Waals surface area contributed by atoms with Crippen molar-refractivity contribution in [3.8, 4) is 11.8 Å². The Morgan fingerprint density at radius 1 is 1.14 bits per heavy atom. The van der Waals surface area contributed by atoms with E-state index in [2.05, 4.69) is 21.7 Å². The number of esters is 1. The van der Waals surface area contributed by atoms with Gasteiger partial charge in [-0.15, -0.1) is 0 Å². The summed E-state index contributed by atoms with van der Waals surface area (Å²) in [5.41, 5.74) is 6.06. The van der Waals surface area contributed by atoms with Crippen molar-refractivity contribution in [3.63, 3.8) is 0 Å². The average molecular weight is 371 g/mol. The molecule has 0 atom stereocenters. The Morgan fingerprint density at radius 3 is 2.43 bits per heavy atom. The maximum absolute atomic E-state index is 11.8. The molecule has 0 saturated carbocycles. The van der Waals surface area contributed by atoms with E-state index < -0.39 is 0 Å². The van der Waals surface area contributed by atoms with E-state index in [0.29, 0.717) is 17.7 Å². The number of benzene rings is 2. The third-order valence-electron chi connectivity index (χ3n) is 4.46. The van der Waals surface area contributed by atoms with Crippen molar-refractivity contribution in [2.45, 2.75) is 20.8 Å². The van der Waals surface area contributed by atoms with Gasteiger partial charge in [-0.3, -0.25) is 4.99 Å². The van der Waals surface area contributed by atoms with E-state index in [1.165, 1.54) is 0 Å². The number of hydrogen-bond donors (Lipinski definition) is 0. The molecule has 3 rings (SSSR count). The second-order valence-electron chi connectivity index (χ2n) is 6.35. The Kier molecular flexibility index (Phi) is 5.71. The number of aryl methyl sites for hydroxylation is 1. The van der Waals surface area contributed by atoms with Crippen LogP contribution in [-0.4, -0.2) is 23.4 Å². The maximum atomic E-state index is 11.8. The van der Waals surface area contributed by atoms with Gasteiger partial charge in [0.15, 0.2) is 0 Å². The monoisotopic (exact) mass is 371 g/mol. The molecule has 0 aliphatic rings. The molecule has 0 amide bonds. The van der Waals surface area contributed by atoms with Crippen LogP contribution in [0.25, 0.3) is 5.69 Å². The van der Waals surface area contributed by atoms with Crippen molar-refractivity contribution in [2.75, 3.05) is 6.61 Å². The van der Waals surface area contributed by atoms with Gasteiger partial charge in [-0.05, 0) is 75.4 Å². The minimum absolute atomic E-state index is 0.315. The highest BCUT2D eigenvalue weighted by atomic mass is 16.5. The van der Waals surface area contributed by atoms with E-state index >= 15 is 0 Å². The third-order valence-corrected chi connectivity index (χ3v) is 4.46. The standard InChI is InChI=1S/C23H21N3O2/c1-4-28-23(27)19-7-11-22(12-8-19)26-16(2)13-20(17(26)3)15-25-21-9-5-18(14-24)6-10-21/h5-13,15H,4H2,1-3H3. The van der Waals surface area contributed by atoms with E-state index in [9.17, 15) is 4.79 Å². The van der Waals surface area contributed by atoms with Crippen LogP contribution in [0.4, 0.5) is 5.69 Å². The predicted octanol–water partition coefficient (Wildman–Crippen LogP) is 4.89. The van der Waals surface area contributed by atoms with Crippen molar-refractivity contribution in [1.29, 1.82) is 5.26 Å². The first-order chi connectivity index (χ1) is 13.5. The van der Waals surface area contributed by atoms with Crippen molar-refractivity contribution in [2.24, 2.45) is 4.99 Å². The number of hydrogen-bond acceptors (Lipinski definition) is 4. The van der Waals surface area contributed by atoms with Crippen LogP contribution in [0.2, 0.25) is 0 Å². The fraction of sp³-hybridized carbons (Fsp3) is 0.174. The molecule has 1 aromatic heterocycles. The normalized spacial score (nSPS) is 10.8. The van der Waals surface area contributed by atoms with Gasteiger partial charge in [-0.1, -0.05) is 0 Å². The van der Waals surface area contributed by atoms with E-state index in [1.807, 2.05) is 44.3 Å². The molecule has 1 heterocycles. The highest BCUT2D eigenvalue weighted by Crippen LogP contribution is 2.21. The van der Waals surface area contributed by atoms with Crippen molar-refractivity contribution in [1.82, 2.24) is 4.57 Å². The minimum Gasteiger partial charge on any atom is -0.462 e. The fourth-order valence-electron chi connectivity index (χ4n) is 3.04. The minimum atomic E-state index is -0.315. The van der Waals surface area contributed by atoms with Crippen LogP contribution in [-0.2, 0) is 4.74 Å². The van der Waals surface area contributed by atoms with Crippen molar-refractivity contribution >= 4 is 17.9 Å². The Hall–Kier alpha value is -3.65. The molecule has 2 aromatic carbocycles. The van der Waals surface area contributed by atoms with E-state index in [-0.39, 0.29) is 5.97 Å². The summed E-state index contributed by atoms with van der Waals surface area (Å²) < 4.78 is 7.15. The van der Waals surface area contributed by atoms with Gasteiger partial charge in [0.25, 0.3) is 0 Å². The Balaban J connectivity index is 1.86. The molecular weight excluding hydrogens is 350 g/mol. The molecular formula is C23H21N3O2. The number of ether oxygens (including phenoxy) is 1. The second-order valence-corrected chi connectivity index (χ2v) is 6.35. The Bertz CT molecular complexity index is 1050. The van der Waals surface area contributed by atoms with Gasteiger partial charge >= 0.3 is 5.97 Å². The molecule has 0 N–H and O–H groups in total. The molecule has 0 saturated heterocycles. The van der Waals surface area contributed by atoms with Gasteiger partial charge in [0, 0.05) is 28.9 Å². The van der Waals surface area contributed by atoms with Gasteiger partial charge in [-0.25, -0.2) is 4.79 Å². The predicted molar refractivity (Wildman–Crippen MR) is 110 cm³/mol. The molecule has 0 fully saturated rings. The quantitative estimate of drug-likeness (QED) is 0.473. The topological polar surface area (TPSA) is 67.4 Å². The first kappa shape index (κ1) is 19.1. The van der Waals surface area contributed by atoms with Gasteiger partial charge in [0.2, 0.25) is 0 Å². The lowest BCUT2D eigenvalue weighted by atomic mass is 10.2. The lowest BCUT2D eigenvalue weighted by molar-refractivity contribution is 0.0526. The van der Waals surface area contributed by atoms with Crippen molar-refractivity contribution in [3.05, 3.63) is 82.7 Å². The van der Waals surface area contributed by atoms with Gasteiger partial charge in [0.05, 0.1) is 29.5 Å². The average Bonchev–Trinajstić information content (AvgIpc) is 3.00. The van der Waals surface area contributed by atoms with Crippen LogP contribution in [0.15, 0.2) is 59.6 Å². The molecule has 0 unspecified atom stereocenters. The summed E-state index contributed by atoms with van der Waals surface area (Å²) in [5.74, 6) is -0.315. The molecule has 0 spiro atoms. The first-order valence-electron chi connectivity index (χ1n) is 9.04. The summed E-state index contributed by atoms with van der Waals surface area (Å²) in [6, 6.07) is 18.7. The molecule has 140 valence electrons. The third kappa shape index (κ3) is 4.02. The van der Waals surface area contributed by atoms with Gasteiger partial charge in [-0.2, -0.15) is 5.26 Å². The zero-order valence-corrected chi connectivity index (χ0v) is 16.1. The molecule has 3 aromatic rings. The lowest BCUT2D eigenvalue weighted by Gasteiger charge is -2.10. The highest BCUT2D eigenvalue weighted by Gasteiger charge is 2.11. The molecule has 0 aliphatic heterocycles. The Labute approximate surface area is 164 Å². The van der Waals surface area contributed by atoms with Gasteiger partial charge < -0.3 is 9.30 Å². The van der Waals surface area contributed by atoms with Crippen LogP contribution in [0, 0.1) is 25.2 Å². The largest absolute Gasteiger partial charge is 0.462 e. The summed E-state index contributed by atoms with van der Waals surface area (Å²) >= 11 is 0. The number of carbonyl (C=O) groups is 1. The Morgan fingerprint density at radius 2 is 1.82 bits per heavy atom. The number of aliphatic imine (C=N–C) groups is 1. The van der Waals surface area contributed by atoms with Gasteiger partial charge in [0.1, 0.15) is 0 Å². The summed E-state index contributed by atoms with van der Waals surface area (Å²) in [5, 5.41) is 8.87. The second kappa shape index (κ2) is 8.36. The van der Waals surface area contributed by atoms with E-state index in [4.69, 9.17) is 10.00 Å². The summed E-state index contributed by atoms with van der Waals surface area (Å²) in [7, 11) is 0.